The first-order valence-corrected chi connectivity index (χ1v) is 6.86. The minimum Gasteiger partial charge on any atom is -0.484 e. The second kappa shape index (κ2) is 4.50. The first-order valence-electron chi connectivity index (χ1n) is 5.04. The number of fused-ring (bicyclic) bond motifs is 1. The van der Waals surface area contributed by atoms with Crippen LogP contribution in [0.5, 0.6) is 11.6 Å². The molecule has 2 rings (SSSR count). The van der Waals surface area contributed by atoms with Crippen molar-refractivity contribution in [2.75, 3.05) is 19.5 Å². The van der Waals surface area contributed by atoms with Gasteiger partial charge < -0.3 is 9.47 Å². The highest BCUT2D eigenvalue weighted by Gasteiger charge is 2.23. The fourth-order valence-electron chi connectivity index (χ4n) is 1.38. The zero-order valence-electron chi connectivity index (χ0n) is 9.54. The molecular weight excluding hydrogens is 246 g/mol. The number of pyridine rings is 1. The minimum absolute atomic E-state index is 0.0756. The number of nitrogens with zero attached hydrogens (tertiary/aromatic N) is 1. The van der Waals surface area contributed by atoms with Crippen LogP contribution in [-0.4, -0.2) is 39.0 Å². The molecule has 0 bridgehead atoms. The van der Waals surface area contributed by atoms with Crippen LogP contribution in [-0.2, 0) is 14.3 Å². The van der Waals surface area contributed by atoms with Gasteiger partial charge in [-0.05, 0) is 18.6 Å². The maximum Gasteiger partial charge on any atom is 0.264 e. The van der Waals surface area contributed by atoms with Crippen LogP contribution >= 0.6 is 0 Å². The topological polar surface area (TPSA) is 74.7 Å². The molecule has 7 heteroatoms. The van der Waals surface area contributed by atoms with E-state index >= 15 is 0 Å². The molecule has 1 unspecified atom stereocenters. The first kappa shape index (κ1) is 12.1. The summed E-state index contributed by atoms with van der Waals surface area (Å²) < 4.78 is 37.2. The standard InChI is InChI=1S/C10H13NO5S/c1-7-3-9-10(11-4-7)16-8(5-14-9)6-15-17(2,12)13/h3-4,8H,5-6H2,1-2H3. The van der Waals surface area contributed by atoms with Crippen LogP contribution in [0.25, 0.3) is 0 Å². The number of ether oxygens (including phenoxy) is 2. The normalized spacial score (nSPS) is 19.1. The molecule has 0 aliphatic carbocycles. The number of aromatic nitrogens is 1. The monoisotopic (exact) mass is 259 g/mol. The van der Waals surface area contributed by atoms with Gasteiger partial charge in [-0.2, -0.15) is 8.42 Å². The van der Waals surface area contributed by atoms with Crippen molar-refractivity contribution in [3.8, 4) is 11.6 Å². The molecule has 17 heavy (non-hydrogen) atoms. The first-order chi connectivity index (χ1) is 7.94. The lowest BCUT2D eigenvalue weighted by atomic mass is 10.3. The van der Waals surface area contributed by atoms with Gasteiger partial charge in [0.2, 0.25) is 0 Å². The third-order valence-electron chi connectivity index (χ3n) is 2.13. The Labute approximate surface area is 99.6 Å². The van der Waals surface area contributed by atoms with E-state index in [1.165, 1.54) is 0 Å². The summed E-state index contributed by atoms with van der Waals surface area (Å²) in [5.41, 5.74) is 0.971. The van der Waals surface area contributed by atoms with Crippen LogP contribution in [0.2, 0.25) is 0 Å². The maximum absolute atomic E-state index is 10.8. The highest BCUT2D eigenvalue weighted by atomic mass is 32.2. The van der Waals surface area contributed by atoms with Crippen LogP contribution in [0.3, 0.4) is 0 Å². The summed E-state index contributed by atoms with van der Waals surface area (Å²) in [7, 11) is -3.46. The van der Waals surface area contributed by atoms with E-state index in [2.05, 4.69) is 9.17 Å². The third kappa shape index (κ3) is 3.31. The van der Waals surface area contributed by atoms with E-state index in [9.17, 15) is 8.42 Å². The van der Waals surface area contributed by atoms with Gasteiger partial charge in [0.05, 0.1) is 6.26 Å². The summed E-state index contributed by atoms with van der Waals surface area (Å²) in [6, 6.07) is 1.82. The molecule has 1 aromatic rings. The van der Waals surface area contributed by atoms with E-state index in [-0.39, 0.29) is 13.2 Å². The number of rotatable bonds is 3. The third-order valence-corrected chi connectivity index (χ3v) is 2.69. The van der Waals surface area contributed by atoms with Crippen LogP contribution < -0.4 is 9.47 Å². The Bertz CT molecular complexity index is 513. The molecule has 94 valence electrons. The Morgan fingerprint density at radius 3 is 3.06 bits per heavy atom. The Kier molecular flexibility index (Phi) is 3.21. The van der Waals surface area contributed by atoms with Crippen molar-refractivity contribution in [2.45, 2.75) is 13.0 Å². The molecule has 6 nitrogen and oxygen atoms in total. The van der Waals surface area contributed by atoms with Gasteiger partial charge in [-0.15, -0.1) is 0 Å². The molecule has 1 aromatic heterocycles. The van der Waals surface area contributed by atoms with Crippen LogP contribution in [0, 0.1) is 6.92 Å². The van der Waals surface area contributed by atoms with Crippen LogP contribution in [0.4, 0.5) is 0 Å². The summed E-state index contributed by atoms with van der Waals surface area (Å²) in [5, 5.41) is 0. The fraction of sp³-hybridized carbons (Fsp3) is 0.500. The van der Waals surface area contributed by atoms with Crippen molar-refractivity contribution >= 4 is 10.1 Å². The van der Waals surface area contributed by atoms with Gasteiger partial charge in [0.15, 0.2) is 11.9 Å². The van der Waals surface area contributed by atoms with E-state index in [0.29, 0.717) is 11.6 Å². The van der Waals surface area contributed by atoms with Gasteiger partial charge in [0.25, 0.3) is 16.0 Å². The second-order valence-corrected chi connectivity index (χ2v) is 5.50. The van der Waals surface area contributed by atoms with Gasteiger partial charge in [-0.25, -0.2) is 4.98 Å². The molecule has 1 atom stereocenters. The lowest BCUT2D eigenvalue weighted by Gasteiger charge is -2.25. The molecule has 0 fully saturated rings. The van der Waals surface area contributed by atoms with Gasteiger partial charge >= 0.3 is 0 Å². The van der Waals surface area contributed by atoms with Crippen molar-refractivity contribution < 1.29 is 22.1 Å². The molecule has 2 heterocycles. The maximum atomic E-state index is 10.8. The lowest BCUT2D eigenvalue weighted by Crippen LogP contribution is -2.34. The second-order valence-electron chi connectivity index (χ2n) is 3.86. The molecule has 0 saturated heterocycles. The van der Waals surface area contributed by atoms with Gasteiger partial charge in [0, 0.05) is 6.20 Å². The summed E-state index contributed by atoms with van der Waals surface area (Å²) >= 11 is 0. The van der Waals surface area contributed by atoms with E-state index in [1.54, 1.807) is 6.20 Å². The zero-order valence-corrected chi connectivity index (χ0v) is 10.4. The summed E-state index contributed by atoms with van der Waals surface area (Å²) in [6.45, 7) is 2.07. The van der Waals surface area contributed by atoms with Crippen LogP contribution in [0.1, 0.15) is 5.56 Å². The highest BCUT2D eigenvalue weighted by molar-refractivity contribution is 7.85. The van der Waals surface area contributed by atoms with Crippen molar-refractivity contribution in [2.24, 2.45) is 0 Å². The van der Waals surface area contributed by atoms with Gasteiger partial charge in [-0.3, -0.25) is 4.18 Å². The molecule has 0 N–H and O–H groups in total. The SMILES string of the molecule is Cc1cnc2c(c1)OCC(COS(C)(=O)=O)O2. The molecule has 0 radical (unpaired) electrons. The molecule has 0 amide bonds. The van der Waals surface area contributed by atoms with E-state index < -0.39 is 16.2 Å². The average Bonchev–Trinajstić information content (AvgIpc) is 2.25. The Morgan fingerprint density at radius 1 is 1.59 bits per heavy atom. The molecule has 0 aromatic carbocycles. The predicted octanol–water partition coefficient (Wildman–Crippen LogP) is 0.506. The molecule has 0 spiro atoms. The number of hydrogen-bond acceptors (Lipinski definition) is 6. The number of hydrogen-bond donors (Lipinski definition) is 0. The molecule has 0 saturated carbocycles. The van der Waals surface area contributed by atoms with E-state index in [1.807, 2.05) is 13.0 Å². The number of aryl methyl sites for hydroxylation is 1. The Balaban J connectivity index is 2.01. The molecular formula is C10H13NO5S. The summed E-state index contributed by atoms with van der Waals surface area (Å²) in [4.78, 5) is 4.06. The fourth-order valence-corrected chi connectivity index (χ4v) is 1.78. The van der Waals surface area contributed by atoms with Gasteiger partial charge in [0.1, 0.15) is 13.2 Å². The average molecular weight is 259 g/mol. The smallest absolute Gasteiger partial charge is 0.264 e. The summed E-state index contributed by atoms with van der Waals surface area (Å²) in [5.74, 6) is 0.935. The van der Waals surface area contributed by atoms with Gasteiger partial charge in [-0.1, -0.05) is 0 Å². The minimum atomic E-state index is -3.46. The van der Waals surface area contributed by atoms with Crippen molar-refractivity contribution in [1.82, 2.24) is 4.98 Å². The van der Waals surface area contributed by atoms with Crippen molar-refractivity contribution in [3.05, 3.63) is 17.8 Å². The van der Waals surface area contributed by atoms with E-state index in [4.69, 9.17) is 9.47 Å². The van der Waals surface area contributed by atoms with Crippen LogP contribution in [0.15, 0.2) is 12.3 Å². The van der Waals surface area contributed by atoms with E-state index in [0.717, 1.165) is 11.8 Å². The lowest BCUT2D eigenvalue weighted by molar-refractivity contribution is 0.0509. The Morgan fingerprint density at radius 2 is 2.35 bits per heavy atom. The highest BCUT2D eigenvalue weighted by Crippen LogP contribution is 2.29. The summed E-state index contributed by atoms with van der Waals surface area (Å²) in [6.07, 6.45) is 2.18. The Hall–Kier alpha value is -1.34. The zero-order chi connectivity index (χ0) is 12.5. The van der Waals surface area contributed by atoms with Crippen molar-refractivity contribution in [3.63, 3.8) is 0 Å². The van der Waals surface area contributed by atoms with Crippen molar-refractivity contribution in [1.29, 1.82) is 0 Å². The molecule has 1 aliphatic rings. The quantitative estimate of drug-likeness (QED) is 0.736. The molecule has 1 aliphatic heterocycles. The largest absolute Gasteiger partial charge is 0.484 e. The predicted molar refractivity (Wildman–Crippen MR) is 59.7 cm³/mol.